The van der Waals surface area contributed by atoms with Gasteiger partial charge in [-0.05, 0) is 49.9 Å². The molecule has 0 aromatic heterocycles. The summed E-state index contributed by atoms with van der Waals surface area (Å²) in [6, 6.07) is 7.21. The van der Waals surface area contributed by atoms with Crippen molar-refractivity contribution in [2.45, 2.75) is 32.1 Å². The quantitative estimate of drug-likeness (QED) is 0.831. The van der Waals surface area contributed by atoms with Gasteiger partial charge in [0.1, 0.15) is 0 Å². The first-order valence-electron chi connectivity index (χ1n) is 6.88. The van der Waals surface area contributed by atoms with Gasteiger partial charge in [0, 0.05) is 10.6 Å². The highest BCUT2D eigenvalue weighted by atomic mass is 35.5. The maximum absolute atomic E-state index is 12.0. The van der Waals surface area contributed by atoms with Crippen LogP contribution in [-0.2, 0) is 0 Å². The first kappa shape index (κ1) is 13.6. The SMILES string of the molecule is O=C(CC[NH+]1CCCCCC1)c1ccc(Cl)cc1. The lowest BCUT2D eigenvalue weighted by atomic mass is 10.1. The highest BCUT2D eigenvalue weighted by Crippen LogP contribution is 2.10. The lowest BCUT2D eigenvalue weighted by molar-refractivity contribution is -0.898. The fourth-order valence-corrected chi connectivity index (χ4v) is 2.67. The number of benzene rings is 1. The van der Waals surface area contributed by atoms with Crippen molar-refractivity contribution in [1.29, 1.82) is 0 Å². The summed E-state index contributed by atoms with van der Waals surface area (Å²) in [7, 11) is 0. The molecule has 1 N–H and O–H groups in total. The van der Waals surface area contributed by atoms with Crippen LogP contribution < -0.4 is 4.90 Å². The van der Waals surface area contributed by atoms with Gasteiger partial charge in [-0.1, -0.05) is 11.6 Å². The second kappa shape index (κ2) is 6.91. The van der Waals surface area contributed by atoms with E-state index in [0.29, 0.717) is 11.4 Å². The van der Waals surface area contributed by atoms with E-state index in [1.807, 2.05) is 12.1 Å². The van der Waals surface area contributed by atoms with E-state index in [1.165, 1.54) is 38.8 Å². The summed E-state index contributed by atoms with van der Waals surface area (Å²) < 4.78 is 0. The van der Waals surface area contributed by atoms with E-state index in [9.17, 15) is 4.79 Å². The molecule has 1 aliphatic heterocycles. The van der Waals surface area contributed by atoms with Crippen molar-refractivity contribution >= 4 is 17.4 Å². The Morgan fingerprint density at radius 3 is 2.28 bits per heavy atom. The van der Waals surface area contributed by atoms with Crippen LogP contribution in [0, 0.1) is 0 Å². The van der Waals surface area contributed by atoms with Crippen molar-refractivity contribution < 1.29 is 9.69 Å². The number of halogens is 1. The number of quaternary nitrogens is 1. The second-order valence-corrected chi connectivity index (χ2v) is 5.53. The predicted molar refractivity (Wildman–Crippen MR) is 74.4 cm³/mol. The smallest absolute Gasteiger partial charge is 0.168 e. The third-order valence-corrected chi connectivity index (χ3v) is 3.93. The molecular formula is C15H21ClNO+. The third kappa shape index (κ3) is 4.11. The van der Waals surface area contributed by atoms with Crippen molar-refractivity contribution in [2.75, 3.05) is 19.6 Å². The molecule has 1 fully saturated rings. The standard InChI is InChI=1S/C15H20ClNO/c16-14-7-5-13(6-8-14)15(18)9-12-17-10-3-1-2-4-11-17/h5-8H,1-4,9-12H2/p+1. The zero-order valence-electron chi connectivity index (χ0n) is 10.8. The molecule has 0 spiro atoms. The topological polar surface area (TPSA) is 21.5 Å². The number of carbonyl (C=O) groups excluding carboxylic acids is 1. The fourth-order valence-electron chi connectivity index (χ4n) is 2.55. The summed E-state index contributed by atoms with van der Waals surface area (Å²) in [5.74, 6) is 0.239. The third-order valence-electron chi connectivity index (χ3n) is 3.68. The van der Waals surface area contributed by atoms with Crippen molar-refractivity contribution in [2.24, 2.45) is 0 Å². The molecule has 0 amide bonds. The van der Waals surface area contributed by atoms with Crippen LogP contribution >= 0.6 is 11.6 Å². The minimum atomic E-state index is 0.239. The molecule has 0 radical (unpaired) electrons. The summed E-state index contributed by atoms with van der Waals surface area (Å²) >= 11 is 5.82. The van der Waals surface area contributed by atoms with Gasteiger partial charge in [0.2, 0.25) is 0 Å². The fraction of sp³-hybridized carbons (Fsp3) is 0.533. The number of Topliss-reactive ketones (excluding diaryl/α,β-unsaturated/α-hetero) is 1. The van der Waals surface area contributed by atoms with E-state index >= 15 is 0 Å². The Morgan fingerprint density at radius 1 is 1.06 bits per heavy atom. The Labute approximate surface area is 114 Å². The van der Waals surface area contributed by atoms with Crippen molar-refractivity contribution in [1.82, 2.24) is 0 Å². The van der Waals surface area contributed by atoms with Gasteiger partial charge in [-0.25, -0.2) is 0 Å². The summed E-state index contributed by atoms with van der Waals surface area (Å²) in [6.07, 6.45) is 5.98. The van der Waals surface area contributed by atoms with Crippen molar-refractivity contribution in [3.05, 3.63) is 34.9 Å². The largest absolute Gasteiger partial charge is 0.335 e. The zero-order chi connectivity index (χ0) is 12.8. The first-order chi connectivity index (χ1) is 8.75. The molecule has 0 atom stereocenters. The summed E-state index contributed by atoms with van der Waals surface area (Å²) in [5.41, 5.74) is 0.786. The van der Waals surface area contributed by atoms with Crippen LogP contribution in [0.2, 0.25) is 5.02 Å². The highest BCUT2D eigenvalue weighted by Gasteiger charge is 2.14. The van der Waals surface area contributed by atoms with Gasteiger partial charge in [-0.2, -0.15) is 0 Å². The molecule has 0 bridgehead atoms. The Morgan fingerprint density at radius 2 is 1.67 bits per heavy atom. The number of nitrogens with one attached hydrogen (secondary N) is 1. The second-order valence-electron chi connectivity index (χ2n) is 5.09. The molecule has 2 rings (SSSR count). The van der Waals surface area contributed by atoms with Crippen LogP contribution in [0.15, 0.2) is 24.3 Å². The monoisotopic (exact) mass is 266 g/mol. The van der Waals surface area contributed by atoms with Gasteiger partial charge in [-0.3, -0.25) is 4.79 Å². The van der Waals surface area contributed by atoms with Crippen molar-refractivity contribution in [3.63, 3.8) is 0 Å². The van der Waals surface area contributed by atoms with Crippen LogP contribution in [0.3, 0.4) is 0 Å². The van der Waals surface area contributed by atoms with Crippen LogP contribution in [0.4, 0.5) is 0 Å². The van der Waals surface area contributed by atoms with E-state index in [2.05, 4.69) is 0 Å². The maximum Gasteiger partial charge on any atom is 0.168 e. The average molecular weight is 267 g/mol. The first-order valence-corrected chi connectivity index (χ1v) is 7.26. The Bertz CT molecular complexity index is 380. The molecule has 0 saturated carbocycles. The Hall–Kier alpha value is -0.860. The maximum atomic E-state index is 12.0. The number of hydrogen-bond donors (Lipinski definition) is 1. The molecule has 0 unspecified atom stereocenters. The number of rotatable bonds is 4. The molecule has 1 aromatic carbocycles. The number of ketones is 1. The molecule has 2 nitrogen and oxygen atoms in total. The van der Waals surface area contributed by atoms with Gasteiger partial charge in [0.15, 0.2) is 5.78 Å². The average Bonchev–Trinajstić information content (AvgIpc) is 2.65. The lowest BCUT2D eigenvalue weighted by Crippen LogP contribution is -3.11. The molecule has 1 saturated heterocycles. The zero-order valence-corrected chi connectivity index (χ0v) is 11.5. The lowest BCUT2D eigenvalue weighted by Gasteiger charge is -2.16. The molecule has 3 heteroatoms. The highest BCUT2D eigenvalue weighted by molar-refractivity contribution is 6.30. The Kier molecular flexibility index (Phi) is 5.21. The normalized spacial score (nSPS) is 17.4. The molecule has 18 heavy (non-hydrogen) atoms. The number of likely N-dealkylation sites (tertiary alicyclic amines) is 1. The summed E-state index contributed by atoms with van der Waals surface area (Å²) in [6.45, 7) is 3.43. The molecule has 1 aromatic rings. The van der Waals surface area contributed by atoms with Gasteiger partial charge in [-0.15, -0.1) is 0 Å². The van der Waals surface area contributed by atoms with E-state index in [1.54, 1.807) is 17.0 Å². The van der Waals surface area contributed by atoms with Crippen LogP contribution in [0.5, 0.6) is 0 Å². The van der Waals surface area contributed by atoms with E-state index in [0.717, 1.165) is 12.1 Å². The van der Waals surface area contributed by atoms with E-state index in [4.69, 9.17) is 11.6 Å². The molecular weight excluding hydrogens is 246 g/mol. The Balaban J connectivity index is 1.82. The molecule has 98 valence electrons. The van der Waals surface area contributed by atoms with Crippen LogP contribution in [-0.4, -0.2) is 25.4 Å². The van der Waals surface area contributed by atoms with E-state index < -0.39 is 0 Å². The molecule has 0 aliphatic carbocycles. The summed E-state index contributed by atoms with van der Waals surface area (Å²) in [5, 5.41) is 0.685. The number of carbonyl (C=O) groups is 1. The van der Waals surface area contributed by atoms with E-state index in [-0.39, 0.29) is 5.78 Å². The van der Waals surface area contributed by atoms with Gasteiger partial charge < -0.3 is 4.90 Å². The number of hydrogen-bond acceptors (Lipinski definition) is 1. The molecule has 1 heterocycles. The van der Waals surface area contributed by atoms with Gasteiger partial charge in [0.05, 0.1) is 26.1 Å². The summed E-state index contributed by atoms with van der Waals surface area (Å²) in [4.78, 5) is 13.6. The van der Waals surface area contributed by atoms with Crippen LogP contribution in [0.1, 0.15) is 42.5 Å². The molecule has 1 aliphatic rings. The van der Waals surface area contributed by atoms with Crippen LogP contribution in [0.25, 0.3) is 0 Å². The van der Waals surface area contributed by atoms with Gasteiger partial charge in [0.25, 0.3) is 0 Å². The predicted octanol–water partition coefficient (Wildman–Crippen LogP) is 2.37. The van der Waals surface area contributed by atoms with Gasteiger partial charge >= 0.3 is 0 Å². The minimum Gasteiger partial charge on any atom is -0.335 e. The van der Waals surface area contributed by atoms with Crippen molar-refractivity contribution in [3.8, 4) is 0 Å². The minimum absolute atomic E-state index is 0.239.